The molecule has 0 radical (unpaired) electrons. The Hall–Kier alpha value is -2.37. The zero-order chi connectivity index (χ0) is 15.6. The Labute approximate surface area is 123 Å². The van der Waals surface area contributed by atoms with E-state index >= 15 is 0 Å². The van der Waals surface area contributed by atoms with Crippen LogP contribution >= 0.6 is 0 Å². The second kappa shape index (κ2) is 5.95. The molecule has 0 aromatic heterocycles. The minimum Gasteiger partial charge on any atom is -0.388 e. The van der Waals surface area contributed by atoms with Crippen LogP contribution in [0, 0.1) is 6.92 Å². The van der Waals surface area contributed by atoms with E-state index in [0.717, 1.165) is 11.3 Å². The van der Waals surface area contributed by atoms with Crippen molar-refractivity contribution in [2.75, 3.05) is 18.9 Å². The van der Waals surface area contributed by atoms with Gasteiger partial charge in [0.2, 0.25) is 11.8 Å². The summed E-state index contributed by atoms with van der Waals surface area (Å²) in [6.07, 6.45) is 0.471. The van der Waals surface area contributed by atoms with Crippen molar-refractivity contribution >= 4 is 23.4 Å². The Balaban J connectivity index is 2.33. The smallest absolute Gasteiger partial charge is 0.255 e. The lowest BCUT2D eigenvalue weighted by Gasteiger charge is -2.33. The lowest BCUT2D eigenvalue weighted by molar-refractivity contribution is -0.138. The number of aryl methyl sites for hydroxylation is 1. The molecule has 0 saturated carbocycles. The van der Waals surface area contributed by atoms with E-state index in [0.29, 0.717) is 12.0 Å². The zero-order valence-corrected chi connectivity index (χ0v) is 12.4. The molecule has 2 rings (SSSR count). The molecule has 21 heavy (non-hydrogen) atoms. The summed E-state index contributed by atoms with van der Waals surface area (Å²) in [6, 6.07) is 4.78. The van der Waals surface area contributed by atoms with Gasteiger partial charge in [-0.25, -0.2) is 0 Å². The first-order chi connectivity index (χ1) is 9.97. The molecule has 6 heteroatoms. The van der Waals surface area contributed by atoms with Gasteiger partial charge in [0.25, 0.3) is 5.91 Å². The topological polar surface area (TPSA) is 78.5 Å². The normalized spacial score (nSPS) is 18.4. The third-order valence-electron chi connectivity index (χ3n) is 3.65. The molecule has 1 heterocycles. The summed E-state index contributed by atoms with van der Waals surface area (Å²) in [5, 5.41) is 5.27. The van der Waals surface area contributed by atoms with Crippen LogP contribution in [0.1, 0.15) is 29.3 Å². The van der Waals surface area contributed by atoms with E-state index in [4.69, 9.17) is 0 Å². The maximum absolute atomic E-state index is 12.7. The number of imide groups is 1. The lowest BCUT2D eigenvalue weighted by Crippen LogP contribution is -2.59. The van der Waals surface area contributed by atoms with Crippen molar-refractivity contribution < 1.29 is 14.4 Å². The van der Waals surface area contributed by atoms with Gasteiger partial charge >= 0.3 is 0 Å². The van der Waals surface area contributed by atoms with Gasteiger partial charge in [-0.2, -0.15) is 0 Å². The predicted molar refractivity (Wildman–Crippen MR) is 79.0 cm³/mol. The van der Waals surface area contributed by atoms with E-state index < -0.39 is 17.9 Å². The van der Waals surface area contributed by atoms with Gasteiger partial charge in [-0.1, -0.05) is 6.92 Å². The lowest BCUT2D eigenvalue weighted by atomic mass is 10.0. The Bertz CT molecular complexity index is 598. The van der Waals surface area contributed by atoms with Gasteiger partial charge in [-0.15, -0.1) is 0 Å². The highest BCUT2D eigenvalue weighted by Gasteiger charge is 2.36. The van der Waals surface area contributed by atoms with Gasteiger partial charge in [0.05, 0.1) is 0 Å². The Kier molecular flexibility index (Phi) is 4.26. The molecule has 1 unspecified atom stereocenters. The molecule has 1 fully saturated rings. The maximum atomic E-state index is 12.7. The van der Waals surface area contributed by atoms with Crippen molar-refractivity contribution in [3.8, 4) is 0 Å². The number of hydrogen-bond acceptors (Lipinski definition) is 4. The standard InChI is InChI=1S/C15H19N3O3/c1-4-12-14(20)17-13(19)8-18(12)15(21)11-6-5-10(16-3)7-9(11)2/h5-7,12,16H,4,8H2,1-3H3,(H,17,19,20). The summed E-state index contributed by atoms with van der Waals surface area (Å²) in [7, 11) is 1.80. The maximum Gasteiger partial charge on any atom is 0.255 e. The number of piperazine rings is 1. The van der Waals surface area contributed by atoms with Crippen LogP contribution in [0.3, 0.4) is 0 Å². The van der Waals surface area contributed by atoms with Gasteiger partial charge < -0.3 is 10.2 Å². The van der Waals surface area contributed by atoms with Gasteiger partial charge in [-0.3, -0.25) is 19.7 Å². The minimum absolute atomic E-state index is 0.0870. The number of hydrogen-bond donors (Lipinski definition) is 2. The van der Waals surface area contributed by atoms with Gasteiger partial charge in [-0.05, 0) is 37.1 Å². The molecule has 1 atom stereocenters. The zero-order valence-electron chi connectivity index (χ0n) is 12.4. The molecule has 1 aliphatic rings. The first-order valence-electron chi connectivity index (χ1n) is 6.91. The summed E-state index contributed by atoms with van der Waals surface area (Å²) >= 11 is 0. The highest BCUT2D eigenvalue weighted by molar-refractivity contribution is 6.07. The van der Waals surface area contributed by atoms with E-state index in [1.807, 2.05) is 19.9 Å². The number of nitrogens with one attached hydrogen (secondary N) is 2. The van der Waals surface area contributed by atoms with Crippen LogP contribution in [-0.4, -0.2) is 42.3 Å². The van der Waals surface area contributed by atoms with E-state index in [9.17, 15) is 14.4 Å². The first-order valence-corrected chi connectivity index (χ1v) is 6.91. The number of nitrogens with zero attached hydrogens (tertiary/aromatic N) is 1. The van der Waals surface area contributed by atoms with Crippen molar-refractivity contribution in [1.29, 1.82) is 0 Å². The fourth-order valence-electron chi connectivity index (χ4n) is 2.50. The van der Waals surface area contributed by atoms with Crippen molar-refractivity contribution in [3.05, 3.63) is 29.3 Å². The van der Waals surface area contributed by atoms with Crippen LogP contribution in [0.4, 0.5) is 5.69 Å². The highest BCUT2D eigenvalue weighted by atomic mass is 16.2. The van der Waals surface area contributed by atoms with Crippen molar-refractivity contribution in [2.24, 2.45) is 0 Å². The molecule has 1 aromatic rings. The van der Waals surface area contributed by atoms with E-state index in [-0.39, 0.29) is 12.5 Å². The third kappa shape index (κ3) is 2.89. The summed E-state index contributed by atoms with van der Waals surface area (Å²) in [5.74, 6) is -1.14. The summed E-state index contributed by atoms with van der Waals surface area (Å²) in [5.41, 5.74) is 2.22. The molecular formula is C15H19N3O3. The highest BCUT2D eigenvalue weighted by Crippen LogP contribution is 2.19. The summed E-state index contributed by atoms with van der Waals surface area (Å²) in [6.45, 7) is 3.56. The molecule has 0 spiro atoms. The second-order valence-electron chi connectivity index (χ2n) is 5.05. The predicted octanol–water partition coefficient (Wildman–Crippen LogP) is 0.914. The Morgan fingerprint density at radius 1 is 1.43 bits per heavy atom. The molecule has 1 saturated heterocycles. The fourth-order valence-corrected chi connectivity index (χ4v) is 2.50. The molecule has 112 valence electrons. The average molecular weight is 289 g/mol. The Morgan fingerprint density at radius 3 is 2.71 bits per heavy atom. The molecule has 1 aliphatic heterocycles. The van der Waals surface area contributed by atoms with Gasteiger partial charge in [0.1, 0.15) is 12.6 Å². The number of amides is 3. The van der Waals surface area contributed by atoms with Crippen LogP contribution < -0.4 is 10.6 Å². The first kappa shape index (κ1) is 15.0. The summed E-state index contributed by atoms with van der Waals surface area (Å²) in [4.78, 5) is 37.4. The van der Waals surface area contributed by atoms with Crippen LogP contribution in [0.25, 0.3) is 0 Å². The quantitative estimate of drug-likeness (QED) is 0.811. The van der Waals surface area contributed by atoms with Crippen LogP contribution in [0.15, 0.2) is 18.2 Å². The fraction of sp³-hybridized carbons (Fsp3) is 0.400. The largest absolute Gasteiger partial charge is 0.388 e. The number of rotatable bonds is 3. The minimum atomic E-state index is -0.599. The molecule has 1 aromatic carbocycles. The second-order valence-corrected chi connectivity index (χ2v) is 5.05. The number of benzene rings is 1. The number of anilines is 1. The number of carbonyl (C=O) groups excluding carboxylic acids is 3. The van der Waals surface area contributed by atoms with Gasteiger partial charge in [0.15, 0.2) is 0 Å². The summed E-state index contributed by atoms with van der Waals surface area (Å²) < 4.78 is 0. The van der Waals surface area contributed by atoms with Gasteiger partial charge in [0, 0.05) is 18.3 Å². The molecule has 6 nitrogen and oxygen atoms in total. The van der Waals surface area contributed by atoms with Crippen LogP contribution in [0.2, 0.25) is 0 Å². The van der Waals surface area contributed by atoms with Crippen LogP contribution in [-0.2, 0) is 9.59 Å². The number of carbonyl (C=O) groups is 3. The van der Waals surface area contributed by atoms with Crippen LogP contribution in [0.5, 0.6) is 0 Å². The molecule has 0 aliphatic carbocycles. The molecule has 3 amide bonds. The van der Waals surface area contributed by atoms with Crippen molar-refractivity contribution in [3.63, 3.8) is 0 Å². The molecular weight excluding hydrogens is 270 g/mol. The van der Waals surface area contributed by atoms with E-state index in [2.05, 4.69) is 10.6 Å². The monoisotopic (exact) mass is 289 g/mol. The Morgan fingerprint density at radius 2 is 2.14 bits per heavy atom. The molecule has 0 bridgehead atoms. The van der Waals surface area contributed by atoms with Crippen molar-refractivity contribution in [1.82, 2.24) is 10.2 Å². The van der Waals surface area contributed by atoms with E-state index in [1.165, 1.54) is 4.90 Å². The third-order valence-corrected chi connectivity index (χ3v) is 3.65. The average Bonchev–Trinajstić information content (AvgIpc) is 2.45. The molecule has 2 N–H and O–H groups in total. The van der Waals surface area contributed by atoms with Crippen molar-refractivity contribution in [2.45, 2.75) is 26.3 Å². The van der Waals surface area contributed by atoms with E-state index in [1.54, 1.807) is 19.2 Å². The SMILES string of the molecule is CCC1C(=O)NC(=O)CN1C(=O)c1ccc(NC)cc1C.